The van der Waals surface area contributed by atoms with Gasteiger partial charge in [0.2, 0.25) is 0 Å². The number of hydrogen-bond acceptors (Lipinski definition) is 2. The normalized spacial score (nSPS) is 19.2. The van der Waals surface area contributed by atoms with Crippen LogP contribution in [0.15, 0.2) is 30.3 Å². The van der Waals surface area contributed by atoms with Crippen molar-refractivity contribution in [1.29, 1.82) is 0 Å². The standard InChI is InChI=1S/C15H18N2O/c18-15(10-9-13-6-2-1-3-7-13)17-14-8-4-5-11-16-12-14/h1-3,6-7,14,16H,4-5,8,11-12H2,(H,17,18). The molecule has 18 heavy (non-hydrogen) atoms. The zero-order chi connectivity index (χ0) is 12.6. The number of benzene rings is 1. The highest BCUT2D eigenvalue weighted by Crippen LogP contribution is 2.03. The largest absolute Gasteiger partial charge is 0.341 e. The van der Waals surface area contributed by atoms with Crippen LogP contribution < -0.4 is 10.6 Å². The highest BCUT2D eigenvalue weighted by Gasteiger charge is 2.12. The summed E-state index contributed by atoms with van der Waals surface area (Å²) in [6.07, 6.45) is 3.37. The van der Waals surface area contributed by atoms with Gasteiger partial charge in [0.15, 0.2) is 0 Å². The van der Waals surface area contributed by atoms with Gasteiger partial charge in [-0.15, -0.1) is 0 Å². The molecule has 0 aliphatic carbocycles. The van der Waals surface area contributed by atoms with Crippen molar-refractivity contribution in [1.82, 2.24) is 10.6 Å². The zero-order valence-electron chi connectivity index (χ0n) is 10.4. The Bertz CT molecular complexity index is 437. The molecule has 1 aliphatic heterocycles. The van der Waals surface area contributed by atoms with Gasteiger partial charge in [-0.1, -0.05) is 30.5 Å². The maximum absolute atomic E-state index is 11.7. The van der Waals surface area contributed by atoms with Crippen LogP contribution in [0.2, 0.25) is 0 Å². The summed E-state index contributed by atoms with van der Waals surface area (Å²) in [5, 5.41) is 6.27. The van der Waals surface area contributed by atoms with Crippen LogP contribution >= 0.6 is 0 Å². The van der Waals surface area contributed by atoms with Crippen molar-refractivity contribution in [3.63, 3.8) is 0 Å². The van der Waals surface area contributed by atoms with Crippen LogP contribution in [-0.2, 0) is 4.79 Å². The molecular formula is C15H18N2O. The summed E-state index contributed by atoms with van der Waals surface area (Å²) in [6.45, 7) is 1.89. The topological polar surface area (TPSA) is 41.1 Å². The Hall–Kier alpha value is -1.79. The molecule has 1 amide bonds. The molecule has 0 spiro atoms. The van der Waals surface area contributed by atoms with Gasteiger partial charge in [-0.25, -0.2) is 0 Å². The van der Waals surface area contributed by atoms with E-state index in [4.69, 9.17) is 0 Å². The van der Waals surface area contributed by atoms with E-state index in [1.807, 2.05) is 30.3 Å². The van der Waals surface area contributed by atoms with E-state index in [0.29, 0.717) is 0 Å². The predicted molar refractivity (Wildman–Crippen MR) is 72.0 cm³/mol. The van der Waals surface area contributed by atoms with E-state index in [0.717, 1.165) is 31.5 Å². The maximum Gasteiger partial charge on any atom is 0.296 e. The first-order chi connectivity index (χ1) is 8.84. The average molecular weight is 242 g/mol. The number of carbonyl (C=O) groups is 1. The third kappa shape index (κ3) is 4.23. The molecular weight excluding hydrogens is 224 g/mol. The Morgan fingerprint density at radius 1 is 1.28 bits per heavy atom. The lowest BCUT2D eigenvalue weighted by molar-refractivity contribution is -0.116. The van der Waals surface area contributed by atoms with E-state index >= 15 is 0 Å². The highest BCUT2D eigenvalue weighted by molar-refractivity contribution is 5.94. The van der Waals surface area contributed by atoms with Crippen LogP contribution in [0, 0.1) is 11.8 Å². The summed E-state index contributed by atoms with van der Waals surface area (Å²) in [6, 6.07) is 9.77. The van der Waals surface area contributed by atoms with Crippen LogP contribution in [0.25, 0.3) is 0 Å². The highest BCUT2D eigenvalue weighted by atomic mass is 16.1. The summed E-state index contributed by atoms with van der Waals surface area (Å²) in [5.74, 6) is 5.32. The molecule has 94 valence electrons. The van der Waals surface area contributed by atoms with Crippen LogP contribution in [0.5, 0.6) is 0 Å². The third-order valence-corrected chi connectivity index (χ3v) is 2.98. The summed E-state index contributed by atoms with van der Waals surface area (Å²) in [7, 11) is 0. The first-order valence-corrected chi connectivity index (χ1v) is 6.43. The average Bonchev–Trinajstić information content (AvgIpc) is 2.66. The molecule has 3 nitrogen and oxygen atoms in total. The first kappa shape index (κ1) is 12.7. The molecule has 1 saturated heterocycles. The van der Waals surface area contributed by atoms with Gasteiger partial charge < -0.3 is 10.6 Å². The number of rotatable bonds is 1. The van der Waals surface area contributed by atoms with Gasteiger partial charge in [0, 0.05) is 24.1 Å². The second-order valence-corrected chi connectivity index (χ2v) is 4.49. The van der Waals surface area contributed by atoms with E-state index in [2.05, 4.69) is 22.5 Å². The van der Waals surface area contributed by atoms with Crippen LogP contribution in [0.1, 0.15) is 24.8 Å². The van der Waals surface area contributed by atoms with Crippen molar-refractivity contribution in [2.75, 3.05) is 13.1 Å². The van der Waals surface area contributed by atoms with Gasteiger partial charge in [-0.3, -0.25) is 4.79 Å². The SMILES string of the molecule is O=C(C#Cc1ccccc1)NC1CCCCNC1. The van der Waals surface area contributed by atoms with Crippen molar-refractivity contribution in [3.05, 3.63) is 35.9 Å². The molecule has 0 bridgehead atoms. The van der Waals surface area contributed by atoms with Crippen LogP contribution in [0.3, 0.4) is 0 Å². The lowest BCUT2D eigenvalue weighted by Gasteiger charge is -2.13. The quantitative estimate of drug-likeness (QED) is 0.729. The number of carbonyl (C=O) groups excluding carboxylic acids is 1. The molecule has 0 saturated carbocycles. The molecule has 1 aliphatic rings. The van der Waals surface area contributed by atoms with Gasteiger partial charge >= 0.3 is 0 Å². The smallest absolute Gasteiger partial charge is 0.296 e. The molecule has 1 heterocycles. The van der Waals surface area contributed by atoms with E-state index in [1.54, 1.807) is 0 Å². The molecule has 3 heteroatoms. The molecule has 2 N–H and O–H groups in total. The maximum atomic E-state index is 11.7. The number of nitrogens with one attached hydrogen (secondary N) is 2. The molecule has 1 atom stereocenters. The van der Waals surface area contributed by atoms with E-state index in [1.165, 1.54) is 6.42 Å². The minimum Gasteiger partial charge on any atom is -0.341 e. The number of amides is 1. The van der Waals surface area contributed by atoms with E-state index in [-0.39, 0.29) is 11.9 Å². The minimum atomic E-state index is -0.187. The Kier molecular flexibility index (Phi) is 4.80. The van der Waals surface area contributed by atoms with Gasteiger partial charge in [-0.2, -0.15) is 0 Å². The van der Waals surface area contributed by atoms with Crippen LogP contribution in [0.4, 0.5) is 0 Å². The van der Waals surface area contributed by atoms with Crippen molar-refractivity contribution >= 4 is 5.91 Å². The second kappa shape index (κ2) is 6.83. The Morgan fingerprint density at radius 2 is 2.11 bits per heavy atom. The lowest BCUT2D eigenvalue weighted by Crippen LogP contribution is -2.40. The molecule has 1 fully saturated rings. The summed E-state index contributed by atoms with van der Waals surface area (Å²) >= 11 is 0. The molecule has 0 aromatic heterocycles. The Morgan fingerprint density at radius 3 is 2.94 bits per heavy atom. The van der Waals surface area contributed by atoms with Crippen LogP contribution in [-0.4, -0.2) is 25.0 Å². The summed E-state index contributed by atoms with van der Waals surface area (Å²) in [5.41, 5.74) is 0.867. The van der Waals surface area contributed by atoms with E-state index in [9.17, 15) is 4.79 Å². The fraction of sp³-hybridized carbons (Fsp3) is 0.400. The fourth-order valence-electron chi connectivity index (χ4n) is 2.01. The molecule has 1 aromatic rings. The minimum absolute atomic E-state index is 0.187. The number of hydrogen-bond donors (Lipinski definition) is 2. The van der Waals surface area contributed by atoms with Gasteiger partial charge in [-0.05, 0) is 31.5 Å². The summed E-state index contributed by atoms with van der Waals surface area (Å²) < 4.78 is 0. The summed E-state index contributed by atoms with van der Waals surface area (Å²) in [4.78, 5) is 11.7. The second-order valence-electron chi connectivity index (χ2n) is 4.49. The molecule has 2 rings (SSSR count). The Balaban J connectivity index is 1.86. The van der Waals surface area contributed by atoms with Crippen molar-refractivity contribution in [3.8, 4) is 11.8 Å². The fourth-order valence-corrected chi connectivity index (χ4v) is 2.01. The Labute approximate surface area is 108 Å². The van der Waals surface area contributed by atoms with Gasteiger partial charge in [0.25, 0.3) is 5.91 Å². The molecule has 0 radical (unpaired) electrons. The van der Waals surface area contributed by atoms with Crippen molar-refractivity contribution in [2.24, 2.45) is 0 Å². The molecule has 1 unspecified atom stereocenters. The first-order valence-electron chi connectivity index (χ1n) is 6.43. The monoisotopic (exact) mass is 242 g/mol. The van der Waals surface area contributed by atoms with E-state index < -0.39 is 0 Å². The molecule has 1 aromatic carbocycles. The zero-order valence-corrected chi connectivity index (χ0v) is 10.4. The van der Waals surface area contributed by atoms with Gasteiger partial charge in [0.05, 0.1) is 0 Å². The van der Waals surface area contributed by atoms with Crippen molar-refractivity contribution in [2.45, 2.75) is 25.3 Å². The van der Waals surface area contributed by atoms with Crippen molar-refractivity contribution < 1.29 is 4.79 Å². The lowest BCUT2D eigenvalue weighted by atomic mass is 10.1. The van der Waals surface area contributed by atoms with Gasteiger partial charge in [0.1, 0.15) is 0 Å². The predicted octanol–water partition coefficient (Wildman–Crippen LogP) is 1.30. The third-order valence-electron chi connectivity index (χ3n) is 2.98.